The van der Waals surface area contributed by atoms with E-state index in [-0.39, 0.29) is 0 Å². The zero-order chi connectivity index (χ0) is 9.26. The molecule has 0 amide bonds. The van der Waals surface area contributed by atoms with Gasteiger partial charge in [0.25, 0.3) is 0 Å². The molecule has 1 nitrogen and oxygen atoms in total. The summed E-state index contributed by atoms with van der Waals surface area (Å²) < 4.78 is 5.10. The van der Waals surface area contributed by atoms with Gasteiger partial charge in [0.15, 0.2) is 0 Å². The number of rotatable bonds is 3. The highest BCUT2D eigenvalue weighted by atomic mass is 32.1. The lowest BCUT2D eigenvalue weighted by molar-refractivity contribution is 0.414. The third-order valence-electron chi connectivity index (χ3n) is 2.53. The zero-order valence-electron chi connectivity index (χ0n) is 7.73. The maximum absolute atomic E-state index is 5.10. The first kappa shape index (κ1) is 8.95. The lowest BCUT2D eigenvalue weighted by Crippen LogP contribution is -1.92. The smallest absolute Gasteiger partial charge is 0.118 e. The van der Waals surface area contributed by atoms with Crippen LogP contribution in [-0.2, 0) is 0 Å². The first-order valence-electron chi connectivity index (χ1n) is 4.63. The van der Waals surface area contributed by atoms with Crippen molar-refractivity contribution in [3.05, 3.63) is 29.8 Å². The predicted molar refractivity (Wildman–Crippen MR) is 57.4 cm³/mol. The van der Waals surface area contributed by atoms with Crippen LogP contribution in [-0.4, -0.2) is 7.11 Å². The molecule has 0 aromatic heterocycles. The molecule has 0 bridgehead atoms. The topological polar surface area (TPSA) is 9.23 Å². The molecule has 0 spiro atoms. The highest BCUT2D eigenvalue weighted by Gasteiger charge is 2.29. The highest BCUT2D eigenvalue weighted by Crippen LogP contribution is 2.44. The van der Waals surface area contributed by atoms with E-state index in [9.17, 15) is 0 Å². The van der Waals surface area contributed by atoms with Gasteiger partial charge in [-0.25, -0.2) is 0 Å². The summed E-state index contributed by atoms with van der Waals surface area (Å²) in [6, 6.07) is 8.21. The summed E-state index contributed by atoms with van der Waals surface area (Å²) in [6.45, 7) is 0. The fourth-order valence-corrected chi connectivity index (χ4v) is 1.96. The van der Waals surface area contributed by atoms with Crippen LogP contribution >= 0.6 is 12.6 Å². The molecule has 0 radical (unpaired) electrons. The van der Waals surface area contributed by atoms with Crippen molar-refractivity contribution in [3.63, 3.8) is 0 Å². The predicted octanol–water partition coefficient (Wildman–Crippen LogP) is 3.08. The van der Waals surface area contributed by atoms with Crippen molar-refractivity contribution in [2.75, 3.05) is 7.11 Å². The van der Waals surface area contributed by atoms with Crippen molar-refractivity contribution in [3.8, 4) is 5.75 Å². The van der Waals surface area contributed by atoms with Crippen molar-refractivity contribution >= 4 is 12.6 Å². The Labute approximate surface area is 84.5 Å². The van der Waals surface area contributed by atoms with E-state index in [1.165, 1.54) is 18.4 Å². The molecule has 0 aliphatic heterocycles. The summed E-state index contributed by atoms with van der Waals surface area (Å²) in [6.07, 6.45) is 2.67. The van der Waals surface area contributed by atoms with Gasteiger partial charge in [0, 0.05) is 5.25 Å². The van der Waals surface area contributed by atoms with Crippen LogP contribution < -0.4 is 4.74 Å². The van der Waals surface area contributed by atoms with Crippen molar-refractivity contribution in [2.45, 2.75) is 18.1 Å². The summed E-state index contributed by atoms with van der Waals surface area (Å²) in [4.78, 5) is 0. The number of hydrogen-bond acceptors (Lipinski definition) is 2. The van der Waals surface area contributed by atoms with Crippen LogP contribution in [0.4, 0.5) is 0 Å². The molecule has 1 aromatic carbocycles. The summed E-state index contributed by atoms with van der Waals surface area (Å²) in [5, 5.41) is 0.422. The van der Waals surface area contributed by atoms with E-state index in [1.54, 1.807) is 7.11 Å². The van der Waals surface area contributed by atoms with E-state index in [1.807, 2.05) is 12.1 Å². The van der Waals surface area contributed by atoms with Crippen LogP contribution in [0.25, 0.3) is 0 Å². The summed E-state index contributed by atoms with van der Waals surface area (Å²) in [5.41, 5.74) is 1.31. The SMILES string of the molecule is COc1ccc(C(S)C2CC2)cc1. The van der Waals surface area contributed by atoms with E-state index in [2.05, 4.69) is 24.8 Å². The quantitative estimate of drug-likeness (QED) is 0.727. The standard InChI is InChI=1S/C11H14OS/c1-12-10-6-4-9(5-7-10)11(13)8-2-3-8/h4-8,11,13H,2-3H2,1H3. The normalized spacial score (nSPS) is 18.3. The van der Waals surface area contributed by atoms with Gasteiger partial charge in [0.2, 0.25) is 0 Å². The van der Waals surface area contributed by atoms with E-state index in [0.29, 0.717) is 5.25 Å². The molecule has 70 valence electrons. The molecule has 1 aliphatic carbocycles. The average molecular weight is 194 g/mol. The van der Waals surface area contributed by atoms with Crippen molar-refractivity contribution in [2.24, 2.45) is 5.92 Å². The number of hydrogen-bond donors (Lipinski definition) is 1. The van der Waals surface area contributed by atoms with E-state index < -0.39 is 0 Å². The second-order valence-corrected chi connectivity index (χ2v) is 4.11. The second-order valence-electron chi connectivity index (χ2n) is 3.56. The van der Waals surface area contributed by atoms with E-state index in [0.717, 1.165) is 11.7 Å². The van der Waals surface area contributed by atoms with Crippen LogP contribution in [0.15, 0.2) is 24.3 Å². The molecule has 1 fully saturated rings. The highest BCUT2D eigenvalue weighted by molar-refractivity contribution is 7.80. The van der Waals surface area contributed by atoms with Gasteiger partial charge in [0.1, 0.15) is 5.75 Å². The third-order valence-corrected chi connectivity index (χ3v) is 3.25. The maximum atomic E-state index is 5.10. The molecule has 1 aromatic rings. The molecule has 1 aliphatic rings. The Bertz CT molecular complexity index is 277. The molecule has 2 heteroatoms. The minimum absolute atomic E-state index is 0.422. The minimum Gasteiger partial charge on any atom is -0.497 e. The van der Waals surface area contributed by atoms with Crippen molar-refractivity contribution in [1.82, 2.24) is 0 Å². The second kappa shape index (κ2) is 3.62. The molecule has 0 saturated heterocycles. The van der Waals surface area contributed by atoms with Crippen LogP contribution in [0, 0.1) is 5.92 Å². The van der Waals surface area contributed by atoms with Gasteiger partial charge in [-0.3, -0.25) is 0 Å². The summed E-state index contributed by atoms with van der Waals surface area (Å²) in [7, 11) is 1.69. The minimum atomic E-state index is 0.422. The lowest BCUT2D eigenvalue weighted by Gasteiger charge is -2.09. The number of ether oxygens (including phenoxy) is 1. The zero-order valence-corrected chi connectivity index (χ0v) is 8.63. The van der Waals surface area contributed by atoms with Gasteiger partial charge >= 0.3 is 0 Å². The van der Waals surface area contributed by atoms with E-state index >= 15 is 0 Å². The Morgan fingerprint density at radius 1 is 1.31 bits per heavy atom. The monoisotopic (exact) mass is 194 g/mol. The fraction of sp³-hybridized carbons (Fsp3) is 0.455. The molecular weight excluding hydrogens is 180 g/mol. The number of methoxy groups -OCH3 is 1. The number of thiol groups is 1. The lowest BCUT2D eigenvalue weighted by atomic mass is 10.1. The Hall–Kier alpha value is -0.630. The Morgan fingerprint density at radius 3 is 2.38 bits per heavy atom. The average Bonchev–Trinajstić information content (AvgIpc) is 3.00. The molecule has 1 saturated carbocycles. The maximum Gasteiger partial charge on any atom is 0.118 e. The molecule has 0 heterocycles. The Balaban J connectivity index is 2.11. The van der Waals surface area contributed by atoms with Crippen LogP contribution in [0.1, 0.15) is 23.7 Å². The van der Waals surface area contributed by atoms with Crippen LogP contribution in [0.3, 0.4) is 0 Å². The van der Waals surface area contributed by atoms with Crippen molar-refractivity contribution in [1.29, 1.82) is 0 Å². The first-order chi connectivity index (χ1) is 6.31. The van der Waals surface area contributed by atoms with Gasteiger partial charge in [-0.2, -0.15) is 12.6 Å². The molecule has 13 heavy (non-hydrogen) atoms. The van der Waals surface area contributed by atoms with Gasteiger partial charge in [-0.05, 0) is 36.5 Å². The first-order valence-corrected chi connectivity index (χ1v) is 5.15. The molecule has 2 rings (SSSR count). The van der Waals surface area contributed by atoms with Crippen molar-refractivity contribution < 1.29 is 4.74 Å². The molecule has 1 atom stereocenters. The van der Waals surface area contributed by atoms with Gasteiger partial charge < -0.3 is 4.74 Å². The fourth-order valence-electron chi connectivity index (χ4n) is 1.49. The Kier molecular flexibility index (Phi) is 2.49. The van der Waals surface area contributed by atoms with E-state index in [4.69, 9.17) is 4.74 Å². The Morgan fingerprint density at radius 2 is 1.92 bits per heavy atom. The van der Waals surface area contributed by atoms with Crippen LogP contribution in [0.2, 0.25) is 0 Å². The largest absolute Gasteiger partial charge is 0.497 e. The summed E-state index contributed by atoms with van der Waals surface area (Å²) >= 11 is 4.60. The van der Waals surface area contributed by atoms with Gasteiger partial charge in [-0.1, -0.05) is 12.1 Å². The van der Waals surface area contributed by atoms with Gasteiger partial charge in [0.05, 0.1) is 7.11 Å². The summed E-state index contributed by atoms with van der Waals surface area (Å²) in [5.74, 6) is 1.72. The third kappa shape index (κ3) is 1.99. The molecule has 0 N–H and O–H groups in total. The number of benzene rings is 1. The molecular formula is C11H14OS. The van der Waals surface area contributed by atoms with Gasteiger partial charge in [-0.15, -0.1) is 0 Å². The molecule has 1 unspecified atom stereocenters. The van der Waals surface area contributed by atoms with Crippen LogP contribution in [0.5, 0.6) is 5.75 Å².